The summed E-state index contributed by atoms with van der Waals surface area (Å²) in [6.45, 7) is 4.49. The summed E-state index contributed by atoms with van der Waals surface area (Å²) in [6, 6.07) is 10.9. The van der Waals surface area contributed by atoms with E-state index in [1.807, 2.05) is 0 Å². The van der Waals surface area contributed by atoms with Gasteiger partial charge in [-0.25, -0.2) is 0 Å². The minimum absolute atomic E-state index is 0.0465. The molecule has 160 valence electrons. The van der Waals surface area contributed by atoms with Crippen LogP contribution >= 0.6 is 31.9 Å². The Labute approximate surface area is 193 Å². The molecule has 0 radical (unpaired) electrons. The molecular formula is C25H34Br2O2. The quantitative estimate of drug-likeness (QED) is 0.204. The number of aryl methyl sites for hydroxylation is 2. The molecule has 0 N–H and O–H groups in total. The van der Waals surface area contributed by atoms with E-state index in [0.29, 0.717) is 0 Å². The van der Waals surface area contributed by atoms with Crippen LogP contribution in [0.2, 0.25) is 0 Å². The van der Waals surface area contributed by atoms with Crippen LogP contribution in [0.25, 0.3) is 11.1 Å². The summed E-state index contributed by atoms with van der Waals surface area (Å²) in [5.74, 6) is 1.77. The molecule has 2 rings (SSSR count). The van der Waals surface area contributed by atoms with Gasteiger partial charge < -0.3 is 9.47 Å². The van der Waals surface area contributed by atoms with E-state index in [1.54, 1.807) is 14.2 Å². The lowest BCUT2D eigenvalue weighted by Gasteiger charge is -2.22. The third-order valence-electron chi connectivity index (χ3n) is 5.39. The molecule has 4 heteroatoms. The molecule has 0 saturated carbocycles. The monoisotopic (exact) mass is 524 g/mol. The fourth-order valence-electron chi connectivity index (χ4n) is 3.81. The van der Waals surface area contributed by atoms with E-state index in [2.05, 4.69) is 76.0 Å². The number of unbranched alkanes of at least 4 members (excludes halogenated alkanes) is 4. The molecule has 2 aromatic carbocycles. The number of benzene rings is 2. The van der Waals surface area contributed by atoms with Crippen molar-refractivity contribution in [2.45, 2.75) is 69.0 Å². The van der Waals surface area contributed by atoms with Gasteiger partial charge in [-0.3, -0.25) is 0 Å². The van der Waals surface area contributed by atoms with Gasteiger partial charge in [0.05, 0.1) is 18.0 Å². The molecule has 0 aliphatic rings. The maximum Gasteiger partial charge on any atom is 0.127 e. The van der Waals surface area contributed by atoms with E-state index >= 15 is 0 Å². The van der Waals surface area contributed by atoms with E-state index in [0.717, 1.165) is 35.5 Å². The zero-order valence-electron chi connectivity index (χ0n) is 18.2. The van der Waals surface area contributed by atoms with Crippen LogP contribution in [0.3, 0.4) is 0 Å². The fraction of sp³-hybridized carbons (Fsp3) is 0.520. The second-order valence-electron chi connectivity index (χ2n) is 7.47. The SMILES string of the molecule is CCCCCc1ccc(OC)c(-c2c(OC)ccc(CCCCC)c2C(Br)Br)c1. The number of methoxy groups -OCH3 is 2. The number of hydrogen-bond acceptors (Lipinski definition) is 2. The Hall–Kier alpha value is -1.000. The van der Waals surface area contributed by atoms with Gasteiger partial charge in [0.2, 0.25) is 0 Å². The van der Waals surface area contributed by atoms with E-state index in [1.165, 1.54) is 55.2 Å². The number of halogens is 2. The van der Waals surface area contributed by atoms with Crippen molar-refractivity contribution in [2.24, 2.45) is 0 Å². The lowest BCUT2D eigenvalue weighted by molar-refractivity contribution is 0.410. The van der Waals surface area contributed by atoms with Crippen molar-refractivity contribution < 1.29 is 9.47 Å². The lowest BCUT2D eigenvalue weighted by atomic mass is 9.91. The summed E-state index contributed by atoms with van der Waals surface area (Å²) in [7, 11) is 3.49. The molecule has 0 bridgehead atoms. The van der Waals surface area contributed by atoms with Crippen molar-refractivity contribution >= 4 is 31.9 Å². The van der Waals surface area contributed by atoms with Crippen LogP contribution in [-0.2, 0) is 12.8 Å². The molecule has 0 aromatic heterocycles. The smallest absolute Gasteiger partial charge is 0.127 e. The summed E-state index contributed by atoms with van der Waals surface area (Å²) < 4.78 is 11.6. The first kappa shape index (κ1) is 24.3. The molecule has 0 fully saturated rings. The molecule has 0 amide bonds. The zero-order chi connectivity index (χ0) is 21.2. The van der Waals surface area contributed by atoms with Gasteiger partial charge in [0.15, 0.2) is 0 Å². The van der Waals surface area contributed by atoms with Crippen LogP contribution < -0.4 is 9.47 Å². The van der Waals surface area contributed by atoms with Gasteiger partial charge in [0, 0.05) is 11.1 Å². The first-order valence-electron chi connectivity index (χ1n) is 10.7. The molecular weight excluding hydrogens is 492 g/mol. The summed E-state index contributed by atoms with van der Waals surface area (Å²) in [5.41, 5.74) is 6.17. The van der Waals surface area contributed by atoms with Crippen molar-refractivity contribution in [3.8, 4) is 22.6 Å². The number of alkyl halides is 2. The van der Waals surface area contributed by atoms with E-state index in [4.69, 9.17) is 9.47 Å². The summed E-state index contributed by atoms with van der Waals surface area (Å²) in [4.78, 5) is 0. The van der Waals surface area contributed by atoms with Crippen molar-refractivity contribution in [3.05, 3.63) is 47.0 Å². The Morgan fingerprint density at radius 3 is 2.00 bits per heavy atom. The van der Waals surface area contributed by atoms with Gasteiger partial charge in [-0.05, 0) is 60.6 Å². The van der Waals surface area contributed by atoms with Crippen LogP contribution in [0.15, 0.2) is 30.3 Å². The first-order chi connectivity index (χ1) is 14.1. The predicted molar refractivity (Wildman–Crippen MR) is 132 cm³/mol. The average Bonchev–Trinajstić information content (AvgIpc) is 2.73. The highest BCUT2D eigenvalue weighted by Gasteiger charge is 2.22. The van der Waals surface area contributed by atoms with Crippen LogP contribution in [0, 0.1) is 0 Å². The van der Waals surface area contributed by atoms with Gasteiger partial charge in [-0.2, -0.15) is 0 Å². The maximum atomic E-state index is 5.81. The molecule has 0 saturated heterocycles. The van der Waals surface area contributed by atoms with Crippen molar-refractivity contribution in [1.29, 1.82) is 0 Å². The van der Waals surface area contributed by atoms with Crippen molar-refractivity contribution in [1.82, 2.24) is 0 Å². The molecule has 0 aliphatic heterocycles. The van der Waals surface area contributed by atoms with Gasteiger partial charge in [-0.1, -0.05) is 83.5 Å². The zero-order valence-corrected chi connectivity index (χ0v) is 21.4. The fourth-order valence-corrected chi connectivity index (χ4v) is 4.85. The van der Waals surface area contributed by atoms with Crippen LogP contribution in [0.4, 0.5) is 0 Å². The molecule has 0 atom stereocenters. The minimum atomic E-state index is 0.0465. The lowest BCUT2D eigenvalue weighted by Crippen LogP contribution is -2.02. The van der Waals surface area contributed by atoms with Crippen LogP contribution in [0.5, 0.6) is 11.5 Å². The average molecular weight is 526 g/mol. The minimum Gasteiger partial charge on any atom is -0.496 e. The molecule has 0 unspecified atom stereocenters. The van der Waals surface area contributed by atoms with Crippen LogP contribution in [0.1, 0.15) is 72.8 Å². The predicted octanol–water partition coefficient (Wildman–Crippen LogP) is 8.62. The van der Waals surface area contributed by atoms with E-state index in [9.17, 15) is 0 Å². The summed E-state index contributed by atoms with van der Waals surface area (Å²) in [5, 5.41) is 0. The standard InChI is InChI=1S/C25H34Br2O2/c1-5-7-9-11-18-13-15-21(28-3)20(17-18)24-22(29-4)16-14-19(12-10-8-6-2)23(24)25(26)27/h13-17,25H,5-12H2,1-4H3. The largest absolute Gasteiger partial charge is 0.496 e. The molecule has 0 aliphatic carbocycles. The van der Waals surface area contributed by atoms with E-state index in [-0.39, 0.29) is 3.74 Å². The number of rotatable bonds is 12. The van der Waals surface area contributed by atoms with Gasteiger partial charge in [0.25, 0.3) is 0 Å². The van der Waals surface area contributed by atoms with Gasteiger partial charge in [-0.15, -0.1) is 0 Å². The number of hydrogen-bond donors (Lipinski definition) is 0. The van der Waals surface area contributed by atoms with E-state index < -0.39 is 0 Å². The normalized spacial score (nSPS) is 11.1. The highest BCUT2D eigenvalue weighted by Crippen LogP contribution is 2.47. The molecule has 0 heterocycles. The second kappa shape index (κ2) is 12.6. The Morgan fingerprint density at radius 1 is 0.793 bits per heavy atom. The highest BCUT2D eigenvalue weighted by atomic mass is 79.9. The molecule has 2 nitrogen and oxygen atoms in total. The van der Waals surface area contributed by atoms with Crippen LogP contribution in [-0.4, -0.2) is 14.2 Å². The summed E-state index contributed by atoms with van der Waals surface area (Å²) >= 11 is 7.58. The Kier molecular flexibility index (Phi) is 10.6. The first-order valence-corrected chi connectivity index (χ1v) is 12.6. The van der Waals surface area contributed by atoms with Crippen molar-refractivity contribution in [2.75, 3.05) is 14.2 Å². The molecule has 29 heavy (non-hydrogen) atoms. The number of ether oxygens (including phenoxy) is 2. The Morgan fingerprint density at radius 2 is 1.41 bits per heavy atom. The third-order valence-corrected chi connectivity index (χ3v) is 6.30. The van der Waals surface area contributed by atoms with Gasteiger partial charge in [0.1, 0.15) is 11.5 Å². The topological polar surface area (TPSA) is 18.5 Å². The highest BCUT2D eigenvalue weighted by molar-refractivity contribution is 9.24. The second-order valence-corrected chi connectivity index (χ2v) is 10.5. The molecule has 0 spiro atoms. The Balaban J connectivity index is 2.60. The maximum absolute atomic E-state index is 5.81. The Bertz CT molecular complexity index is 772. The third kappa shape index (κ3) is 6.49. The molecule has 2 aromatic rings. The summed E-state index contributed by atoms with van der Waals surface area (Å²) in [6.07, 6.45) is 9.50. The van der Waals surface area contributed by atoms with Crippen molar-refractivity contribution in [3.63, 3.8) is 0 Å². The van der Waals surface area contributed by atoms with Gasteiger partial charge >= 0.3 is 0 Å².